The number of unbranched alkanes of at least 4 members (excludes halogenated alkanes) is 1. The number of hydrogen-bond acceptors (Lipinski definition) is 4. The number of methoxy groups -OCH3 is 2. The van der Waals surface area contributed by atoms with E-state index in [9.17, 15) is 4.79 Å². The van der Waals surface area contributed by atoms with Gasteiger partial charge < -0.3 is 19.5 Å². The standard InChI is InChI=1S/C40H47NO4.C4H10/c1-28-12-14-33(15-13-28)40(34-18-16-32(17-19-34)31-10-8-6-5-7-9-11-31)41-39(42)27-45-35-22-20-30(21-23-35)29(2)37-25-24-36(43-3)26-38(37)44-4;1-3-4-2/h12-26,29,31,40H,5-11,27H2,1-4H3,(H,41,42);3-4H2,1-2H3. The van der Waals surface area contributed by atoms with E-state index < -0.39 is 0 Å². The normalized spacial score (nSPS) is 14.7. The Morgan fingerprint density at radius 2 is 1.27 bits per heavy atom. The highest BCUT2D eigenvalue weighted by atomic mass is 16.5. The molecule has 1 aliphatic rings. The molecular weight excluding hydrogens is 606 g/mol. The summed E-state index contributed by atoms with van der Waals surface area (Å²) >= 11 is 0. The number of carbonyl (C=O) groups is 1. The molecule has 1 saturated carbocycles. The molecule has 262 valence electrons. The number of aryl methyl sites for hydroxylation is 1. The van der Waals surface area contributed by atoms with Crippen molar-refractivity contribution in [1.29, 1.82) is 0 Å². The molecule has 2 unspecified atom stereocenters. The molecule has 5 rings (SSSR count). The molecule has 1 fully saturated rings. The van der Waals surface area contributed by atoms with Gasteiger partial charge in [0.15, 0.2) is 6.61 Å². The van der Waals surface area contributed by atoms with Gasteiger partial charge in [-0.2, -0.15) is 0 Å². The maximum atomic E-state index is 13.2. The Kier molecular flexibility index (Phi) is 15.1. The van der Waals surface area contributed by atoms with Crippen molar-refractivity contribution in [2.45, 2.75) is 103 Å². The lowest BCUT2D eigenvalue weighted by atomic mass is 9.85. The third-order valence-corrected chi connectivity index (χ3v) is 9.72. The Morgan fingerprint density at radius 3 is 1.84 bits per heavy atom. The van der Waals surface area contributed by atoms with Crippen molar-refractivity contribution < 1.29 is 19.0 Å². The lowest BCUT2D eigenvalue weighted by Crippen LogP contribution is -2.33. The second-order valence-electron chi connectivity index (χ2n) is 13.3. The van der Waals surface area contributed by atoms with Crippen LogP contribution in [-0.4, -0.2) is 26.7 Å². The van der Waals surface area contributed by atoms with Crippen molar-refractivity contribution in [2.75, 3.05) is 20.8 Å². The molecule has 0 heterocycles. The predicted octanol–water partition coefficient (Wildman–Crippen LogP) is 11.1. The molecule has 4 aromatic carbocycles. The molecule has 0 aromatic heterocycles. The lowest BCUT2D eigenvalue weighted by Gasteiger charge is -2.23. The van der Waals surface area contributed by atoms with Gasteiger partial charge in [-0.3, -0.25) is 4.79 Å². The Hall–Kier alpha value is -4.25. The molecule has 0 aliphatic heterocycles. The molecule has 5 nitrogen and oxygen atoms in total. The zero-order valence-corrected chi connectivity index (χ0v) is 30.6. The van der Waals surface area contributed by atoms with Crippen molar-refractivity contribution >= 4 is 5.91 Å². The zero-order valence-electron chi connectivity index (χ0n) is 30.6. The topological polar surface area (TPSA) is 56.8 Å². The molecular formula is C44H57NO4. The van der Waals surface area contributed by atoms with Crippen LogP contribution in [0.1, 0.15) is 130 Å². The molecule has 0 saturated heterocycles. The average Bonchev–Trinajstić information content (AvgIpc) is 3.13. The van der Waals surface area contributed by atoms with Crippen LogP contribution in [0.4, 0.5) is 0 Å². The highest BCUT2D eigenvalue weighted by Gasteiger charge is 2.20. The first kappa shape index (κ1) is 37.6. The number of hydrogen-bond donors (Lipinski definition) is 1. The molecule has 0 spiro atoms. The molecule has 0 radical (unpaired) electrons. The Balaban J connectivity index is 0.00000128. The van der Waals surface area contributed by atoms with Crippen LogP contribution in [0.3, 0.4) is 0 Å². The second kappa shape index (κ2) is 19.7. The van der Waals surface area contributed by atoms with Crippen molar-refractivity contribution in [3.63, 3.8) is 0 Å². The predicted molar refractivity (Wildman–Crippen MR) is 202 cm³/mol. The van der Waals surface area contributed by atoms with Gasteiger partial charge in [-0.15, -0.1) is 0 Å². The fraction of sp³-hybridized carbons (Fsp3) is 0.432. The summed E-state index contributed by atoms with van der Waals surface area (Å²) in [6, 6.07) is 30.9. The number of rotatable bonds is 12. The van der Waals surface area contributed by atoms with E-state index in [0.717, 1.165) is 33.8 Å². The molecule has 4 aromatic rings. The molecule has 1 aliphatic carbocycles. The van der Waals surface area contributed by atoms with Gasteiger partial charge in [-0.25, -0.2) is 0 Å². The van der Waals surface area contributed by atoms with Gasteiger partial charge in [0.1, 0.15) is 17.2 Å². The van der Waals surface area contributed by atoms with Gasteiger partial charge in [0.25, 0.3) is 5.91 Å². The number of amides is 1. The molecule has 49 heavy (non-hydrogen) atoms. The summed E-state index contributed by atoms with van der Waals surface area (Å²) in [4.78, 5) is 13.2. The summed E-state index contributed by atoms with van der Waals surface area (Å²) in [5, 5.41) is 3.24. The first-order valence-corrected chi connectivity index (χ1v) is 18.3. The first-order valence-electron chi connectivity index (χ1n) is 18.3. The quantitative estimate of drug-likeness (QED) is 0.164. The van der Waals surface area contributed by atoms with Gasteiger partial charge in [-0.1, -0.05) is 138 Å². The summed E-state index contributed by atoms with van der Waals surface area (Å²) in [7, 11) is 3.32. The van der Waals surface area contributed by atoms with Crippen molar-refractivity contribution in [3.05, 3.63) is 124 Å². The van der Waals surface area contributed by atoms with Gasteiger partial charge in [0, 0.05) is 17.5 Å². The van der Waals surface area contributed by atoms with E-state index in [1.54, 1.807) is 14.2 Å². The maximum Gasteiger partial charge on any atom is 0.258 e. The fourth-order valence-corrected chi connectivity index (χ4v) is 6.43. The SMILES string of the molecule is CCCC.COc1ccc(C(C)c2ccc(OCC(=O)NC(c3ccc(C)cc3)c3ccc(C4CCCCCCC4)cc3)cc2)c(OC)c1. The van der Waals surface area contributed by atoms with Crippen LogP contribution in [0.2, 0.25) is 0 Å². The Labute approximate surface area is 295 Å². The Morgan fingerprint density at radius 1 is 0.714 bits per heavy atom. The Bertz CT molecular complexity index is 1540. The monoisotopic (exact) mass is 663 g/mol. The van der Waals surface area contributed by atoms with Crippen LogP contribution in [0.5, 0.6) is 17.2 Å². The molecule has 5 heteroatoms. The highest BCUT2D eigenvalue weighted by molar-refractivity contribution is 5.78. The van der Waals surface area contributed by atoms with E-state index in [1.165, 1.54) is 68.9 Å². The molecule has 1 N–H and O–H groups in total. The van der Waals surface area contributed by atoms with Crippen molar-refractivity contribution in [3.8, 4) is 17.2 Å². The maximum absolute atomic E-state index is 13.2. The number of ether oxygens (including phenoxy) is 3. The smallest absolute Gasteiger partial charge is 0.258 e. The highest BCUT2D eigenvalue weighted by Crippen LogP contribution is 2.35. The summed E-state index contributed by atoms with van der Waals surface area (Å²) < 4.78 is 16.9. The van der Waals surface area contributed by atoms with E-state index in [1.807, 2.05) is 42.5 Å². The van der Waals surface area contributed by atoms with Crippen LogP contribution >= 0.6 is 0 Å². The minimum absolute atomic E-state index is 0.0658. The van der Waals surface area contributed by atoms with Crippen LogP contribution in [0.15, 0.2) is 91.0 Å². The van der Waals surface area contributed by atoms with Gasteiger partial charge >= 0.3 is 0 Å². The molecule has 0 bridgehead atoms. The van der Waals surface area contributed by atoms with Gasteiger partial charge in [0.05, 0.1) is 20.3 Å². The molecule has 1 amide bonds. The second-order valence-corrected chi connectivity index (χ2v) is 13.3. The average molecular weight is 664 g/mol. The third-order valence-electron chi connectivity index (χ3n) is 9.72. The zero-order chi connectivity index (χ0) is 35.0. The largest absolute Gasteiger partial charge is 0.497 e. The summed E-state index contributed by atoms with van der Waals surface area (Å²) in [6.45, 7) is 8.52. The van der Waals surface area contributed by atoms with E-state index in [2.05, 4.69) is 81.5 Å². The van der Waals surface area contributed by atoms with E-state index in [-0.39, 0.29) is 24.5 Å². The third kappa shape index (κ3) is 11.1. The summed E-state index contributed by atoms with van der Waals surface area (Å²) in [6.07, 6.45) is 11.9. The summed E-state index contributed by atoms with van der Waals surface area (Å²) in [5.41, 5.74) is 6.94. The van der Waals surface area contributed by atoms with Crippen LogP contribution in [0.25, 0.3) is 0 Å². The summed E-state index contributed by atoms with van der Waals surface area (Å²) in [5.74, 6) is 2.78. The van der Waals surface area contributed by atoms with Crippen LogP contribution in [0, 0.1) is 6.92 Å². The van der Waals surface area contributed by atoms with Crippen LogP contribution < -0.4 is 19.5 Å². The number of carbonyl (C=O) groups excluding carboxylic acids is 1. The molecule has 2 atom stereocenters. The number of nitrogens with one attached hydrogen (secondary N) is 1. The fourth-order valence-electron chi connectivity index (χ4n) is 6.43. The minimum Gasteiger partial charge on any atom is -0.497 e. The van der Waals surface area contributed by atoms with E-state index in [4.69, 9.17) is 14.2 Å². The van der Waals surface area contributed by atoms with E-state index >= 15 is 0 Å². The van der Waals surface area contributed by atoms with Crippen molar-refractivity contribution in [1.82, 2.24) is 5.32 Å². The first-order chi connectivity index (χ1) is 23.9. The van der Waals surface area contributed by atoms with Gasteiger partial charge in [-0.05, 0) is 66.1 Å². The van der Waals surface area contributed by atoms with Crippen molar-refractivity contribution in [2.24, 2.45) is 0 Å². The minimum atomic E-state index is -0.254. The van der Waals surface area contributed by atoms with Gasteiger partial charge in [0.2, 0.25) is 0 Å². The number of benzene rings is 4. The lowest BCUT2D eigenvalue weighted by molar-refractivity contribution is -0.123. The van der Waals surface area contributed by atoms with Crippen LogP contribution in [-0.2, 0) is 4.79 Å². The van der Waals surface area contributed by atoms with E-state index in [0.29, 0.717) is 11.7 Å².